The van der Waals surface area contributed by atoms with E-state index in [0.29, 0.717) is 0 Å². The lowest BCUT2D eigenvalue weighted by atomic mass is 9.99. The minimum Gasteiger partial charge on any atom is -0.481 e. The van der Waals surface area contributed by atoms with E-state index >= 15 is 0 Å². The summed E-state index contributed by atoms with van der Waals surface area (Å²) in [6, 6.07) is 3.41. The summed E-state index contributed by atoms with van der Waals surface area (Å²) in [4.78, 5) is 14.2. The van der Waals surface area contributed by atoms with Gasteiger partial charge in [0.2, 0.25) is 0 Å². The van der Waals surface area contributed by atoms with Crippen molar-refractivity contribution in [1.29, 1.82) is 0 Å². The number of carboxylic acid groups (broad SMARTS) is 1. The fourth-order valence-electron chi connectivity index (χ4n) is 1.74. The molecule has 0 saturated heterocycles. The minimum atomic E-state index is -1.27. The lowest BCUT2D eigenvalue weighted by Crippen LogP contribution is -2.06. The van der Waals surface area contributed by atoms with Crippen LogP contribution in [0.2, 0.25) is 0 Å². The van der Waals surface area contributed by atoms with Gasteiger partial charge in [-0.3, -0.25) is 9.78 Å². The van der Waals surface area contributed by atoms with E-state index in [1.165, 1.54) is 12.1 Å². The summed E-state index contributed by atoms with van der Waals surface area (Å²) in [5, 5.41) is 8.73. The monoisotopic (exact) mass is 267 g/mol. The molecule has 0 aliphatic carbocycles. The van der Waals surface area contributed by atoms with E-state index in [0.717, 1.165) is 18.5 Å². The van der Waals surface area contributed by atoms with E-state index < -0.39 is 29.8 Å². The van der Waals surface area contributed by atoms with E-state index in [9.17, 15) is 18.0 Å². The van der Waals surface area contributed by atoms with Crippen molar-refractivity contribution in [3.63, 3.8) is 0 Å². The van der Waals surface area contributed by atoms with Gasteiger partial charge >= 0.3 is 5.97 Å². The zero-order valence-electron chi connectivity index (χ0n) is 9.53. The van der Waals surface area contributed by atoms with Crippen molar-refractivity contribution in [2.24, 2.45) is 0 Å². The van der Waals surface area contributed by atoms with Crippen LogP contribution in [0, 0.1) is 17.5 Å². The van der Waals surface area contributed by atoms with E-state index in [-0.39, 0.29) is 16.7 Å². The van der Waals surface area contributed by atoms with Gasteiger partial charge in [-0.15, -0.1) is 0 Å². The van der Waals surface area contributed by atoms with Crippen molar-refractivity contribution in [1.82, 2.24) is 4.98 Å². The first-order valence-electron chi connectivity index (χ1n) is 5.29. The second-order valence-electron chi connectivity index (χ2n) is 3.82. The van der Waals surface area contributed by atoms with Crippen molar-refractivity contribution in [3.05, 3.63) is 53.6 Å². The number of halogens is 3. The highest BCUT2D eigenvalue weighted by atomic mass is 19.2. The van der Waals surface area contributed by atoms with Gasteiger partial charge in [-0.25, -0.2) is 13.2 Å². The topological polar surface area (TPSA) is 50.2 Å². The molecule has 1 N–H and O–H groups in total. The lowest BCUT2D eigenvalue weighted by molar-refractivity contribution is -0.136. The molecule has 19 heavy (non-hydrogen) atoms. The van der Waals surface area contributed by atoms with Crippen molar-refractivity contribution >= 4 is 5.97 Å². The Kier molecular flexibility index (Phi) is 3.50. The third-order valence-corrected chi connectivity index (χ3v) is 2.57. The number of aliphatic carboxylic acids is 1. The standard InChI is InChI=1S/C13H8F3NO2/c14-10-3-1-2-7(13(10)16)9-5-17-6-11(15)8(9)4-12(18)19/h1-3,5-6H,4H2,(H,18,19). The first kappa shape index (κ1) is 13.1. The molecule has 0 aliphatic heterocycles. The maximum absolute atomic E-state index is 13.7. The molecule has 2 rings (SSSR count). The number of pyridine rings is 1. The zero-order valence-corrected chi connectivity index (χ0v) is 9.53. The van der Waals surface area contributed by atoms with Crippen molar-refractivity contribution in [2.45, 2.75) is 6.42 Å². The summed E-state index contributed by atoms with van der Waals surface area (Å²) in [6.07, 6.45) is 1.30. The Morgan fingerprint density at radius 2 is 1.84 bits per heavy atom. The van der Waals surface area contributed by atoms with Gasteiger partial charge in [0.25, 0.3) is 0 Å². The highest BCUT2D eigenvalue weighted by molar-refractivity contribution is 5.76. The minimum absolute atomic E-state index is 0.0700. The molecule has 0 atom stereocenters. The number of rotatable bonds is 3. The first-order chi connectivity index (χ1) is 9.00. The SMILES string of the molecule is O=C(O)Cc1c(F)cncc1-c1cccc(F)c1F. The van der Waals surface area contributed by atoms with Gasteiger partial charge in [0.1, 0.15) is 5.82 Å². The molecule has 0 spiro atoms. The number of hydrogen-bond donors (Lipinski definition) is 1. The summed E-state index contributed by atoms with van der Waals surface area (Å²) in [7, 11) is 0. The molecule has 0 unspecified atom stereocenters. The number of benzene rings is 1. The molecule has 0 radical (unpaired) electrons. The molecule has 0 saturated carbocycles. The number of nitrogens with zero attached hydrogens (tertiary/aromatic N) is 1. The van der Waals surface area contributed by atoms with Crippen LogP contribution < -0.4 is 0 Å². The molecule has 98 valence electrons. The number of carboxylic acids is 1. The van der Waals surface area contributed by atoms with E-state index in [2.05, 4.69) is 4.98 Å². The van der Waals surface area contributed by atoms with Gasteiger partial charge in [-0.1, -0.05) is 12.1 Å². The average Bonchev–Trinajstić information content (AvgIpc) is 2.35. The second-order valence-corrected chi connectivity index (χ2v) is 3.82. The maximum atomic E-state index is 13.7. The Balaban J connectivity index is 2.65. The van der Waals surface area contributed by atoms with Gasteiger partial charge in [-0.2, -0.15) is 0 Å². The molecular formula is C13H8F3NO2. The molecule has 6 heteroatoms. The number of hydrogen-bond acceptors (Lipinski definition) is 2. The molecular weight excluding hydrogens is 259 g/mol. The normalized spacial score (nSPS) is 10.5. The largest absolute Gasteiger partial charge is 0.481 e. The molecule has 3 nitrogen and oxygen atoms in total. The van der Waals surface area contributed by atoms with Crippen molar-refractivity contribution in [3.8, 4) is 11.1 Å². The zero-order chi connectivity index (χ0) is 14.0. The van der Waals surface area contributed by atoms with Crippen LogP contribution in [0.4, 0.5) is 13.2 Å². The van der Waals surface area contributed by atoms with Crippen LogP contribution in [0.5, 0.6) is 0 Å². The first-order valence-corrected chi connectivity index (χ1v) is 5.29. The van der Waals surface area contributed by atoms with E-state index in [1.807, 2.05) is 0 Å². The van der Waals surface area contributed by atoms with E-state index in [1.54, 1.807) is 0 Å². The third-order valence-electron chi connectivity index (χ3n) is 2.57. The van der Waals surface area contributed by atoms with Crippen LogP contribution in [0.25, 0.3) is 11.1 Å². The van der Waals surface area contributed by atoms with Crippen molar-refractivity contribution < 1.29 is 23.1 Å². The summed E-state index contributed by atoms with van der Waals surface area (Å²) >= 11 is 0. The second kappa shape index (κ2) is 5.09. The van der Waals surface area contributed by atoms with E-state index in [4.69, 9.17) is 5.11 Å². The van der Waals surface area contributed by atoms with Gasteiger partial charge in [-0.05, 0) is 6.07 Å². The Labute approximate surface area is 106 Å². The Hall–Kier alpha value is -2.37. The summed E-state index contributed by atoms with van der Waals surface area (Å²) < 4.78 is 40.4. The number of aromatic nitrogens is 1. The lowest BCUT2D eigenvalue weighted by Gasteiger charge is -2.09. The van der Waals surface area contributed by atoms with Gasteiger partial charge in [0.15, 0.2) is 11.6 Å². The maximum Gasteiger partial charge on any atom is 0.307 e. The molecule has 0 aliphatic rings. The Morgan fingerprint density at radius 3 is 2.53 bits per heavy atom. The number of carbonyl (C=O) groups is 1. The summed E-state index contributed by atoms with van der Waals surface area (Å²) in [6.45, 7) is 0. The predicted molar refractivity (Wildman–Crippen MR) is 60.9 cm³/mol. The quantitative estimate of drug-likeness (QED) is 0.930. The van der Waals surface area contributed by atoms with Gasteiger partial charge in [0.05, 0.1) is 12.6 Å². The van der Waals surface area contributed by atoms with Crippen LogP contribution >= 0.6 is 0 Å². The van der Waals surface area contributed by atoms with Crippen LogP contribution in [-0.4, -0.2) is 16.1 Å². The Morgan fingerprint density at radius 1 is 1.11 bits per heavy atom. The van der Waals surface area contributed by atoms with Crippen LogP contribution in [-0.2, 0) is 11.2 Å². The van der Waals surface area contributed by atoms with Crippen LogP contribution in [0.3, 0.4) is 0 Å². The molecule has 1 heterocycles. The van der Waals surface area contributed by atoms with Crippen molar-refractivity contribution in [2.75, 3.05) is 0 Å². The highest BCUT2D eigenvalue weighted by Gasteiger charge is 2.18. The molecule has 0 amide bonds. The summed E-state index contributed by atoms with van der Waals surface area (Å²) in [5.41, 5.74) is -0.519. The molecule has 0 fully saturated rings. The van der Waals surface area contributed by atoms with Gasteiger partial charge < -0.3 is 5.11 Å². The fraction of sp³-hybridized carbons (Fsp3) is 0.0769. The molecule has 2 aromatic rings. The van der Waals surface area contributed by atoms with Gasteiger partial charge in [0, 0.05) is 22.9 Å². The fourth-order valence-corrected chi connectivity index (χ4v) is 1.74. The molecule has 1 aromatic heterocycles. The highest BCUT2D eigenvalue weighted by Crippen LogP contribution is 2.28. The predicted octanol–water partition coefficient (Wildman–Crippen LogP) is 2.79. The average molecular weight is 267 g/mol. The smallest absolute Gasteiger partial charge is 0.307 e. The third kappa shape index (κ3) is 2.57. The summed E-state index contributed by atoms with van der Waals surface area (Å²) in [5.74, 6) is -4.41. The van der Waals surface area contributed by atoms with Crippen LogP contribution in [0.1, 0.15) is 5.56 Å². The molecule has 1 aromatic carbocycles. The Bertz CT molecular complexity index is 644. The van der Waals surface area contributed by atoms with Crippen LogP contribution in [0.15, 0.2) is 30.6 Å². The molecule has 0 bridgehead atoms.